The van der Waals surface area contributed by atoms with E-state index in [9.17, 15) is 0 Å². The van der Waals surface area contributed by atoms with E-state index in [0.717, 1.165) is 11.8 Å². The Morgan fingerprint density at radius 2 is 2.15 bits per heavy atom. The minimum Gasteiger partial charge on any atom is -0.326 e. The Hall–Kier alpha value is 0.270. The van der Waals surface area contributed by atoms with E-state index in [2.05, 4.69) is 16.7 Å². The number of nitrogens with two attached hydrogens (primary N) is 1. The van der Waals surface area contributed by atoms with E-state index in [1.54, 1.807) is 0 Å². The molecule has 0 aromatic heterocycles. The molecule has 2 fully saturated rings. The zero-order valence-corrected chi connectivity index (χ0v) is 9.06. The predicted molar refractivity (Wildman–Crippen MR) is 59.1 cm³/mol. The fourth-order valence-corrected chi connectivity index (χ4v) is 2.94. The minimum absolute atomic E-state index is 0.455. The lowest BCUT2D eigenvalue weighted by molar-refractivity contribution is 0.336. The van der Waals surface area contributed by atoms with Crippen LogP contribution in [0.3, 0.4) is 0 Å². The maximum atomic E-state index is 5.84. The molecule has 0 bridgehead atoms. The van der Waals surface area contributed by atoms with E-state index in [4.69, 9.17) is 5.73 Å². The van der Waals surface area contributed by atoms with E-state index < -0.39 is 0 Å². The molecule has 3 heteroatoms. The Morgan fingerprint density at radius 3 is 2.77 bits per heavy atom. The van der Waals surface area contributed by atoms with Crippen LogP contribution in [-0.4, -0.2) is 41.6 Å². The van der Waals surface area contributed by atoms with Crippen molar-refractivity contribution >= 4 is 11.8 Å². The number of hydrogen-bond acceptors (Lipinski definition) is 3. The van der Waals surface area contributed by atoms with Crippen molar-refractivity contribution < 1.29 is 0 Å². The molecule has 0 spiro atoms. The molecule has 0 amide bonds. The van der Waals surface area contributed by atoms with Gasteiger partial charge in [-0.05, 0) is 44.5 Å². The van der Waals surface area contributed by atoms with Gasteiger partial charge in [0.2, 0.25) is 0 Å². The Morgan fingerprint density at radius 1 is 1.31 bits per heavy atom. The number of rotatable bonds is 5. The second kappa shape index (κ2) is 4.67. The van der Waals surface area contributed by atoms with Crippen LogP contribution >= 0.6 is 11.8 Å². The summed E-state index contributed by atoms with van der Waals surface area (Å²) in [5.41, 5.74) is 5.84. The highest BCUT2D eigenvalue weighted by molar-refractivity contribution is 8.00. The minimum atomic E-state index is 0.455. The third kappa shape index (κ3) is 3.49. The van der Waals surface area contributed by atoms with Crippen LogP contribution in [0.25, 0.3) is 0 Å². The molecule has 1 unspecified atom stereocenters. The molecule has 0 aromatic rings. The van der Waals surface area contributed by atoms with Crippen molar-refractivity contribution in [3.05, 3.63) is 0 Å². The summed E-state index contributed by atoms with van der Waals surface area (Å²) in [6, 6.07) is 0.455. The molecule has 2 nitrogen and oxygen atoms in total. The van der Waals surface area contributed by atoms with Crippen LogP contribution in [0.2, 0.25) is 0 Å². The summed E-state index contributed by atoms with van der Waals surface area (Å²) >= 11 is 2.17. The molecule has 1 aliphatic carbocycles. The standard InChI is InChI=1S/C10H20N2S/c11-9-4-6-12(8-9)5-1-7-13-10-2-3-10/h9-10H,1-8,11H2. The van der Waals surface area contributed by atoms with E-state index in [0.29, 0.717) is 6.04 Å². The molecule has 1 atom stereocenters. The van der Waals surface area contributed by atoms with Gasteiger partial charge >= 0.3 is 0 Å². The zero-order chi connectivity index (χ0) is 9.10. The Kier molecular flexibility index (Phi) is 3.52. The summed E-state index contributed by atoms with van der Waals surface area (Å²) in [5, 5.41) is 1.03. The molecule has 0 aromatic carbocycles. The van der Waals surface area contributed by atoms with Crippen molar-refractivity contribution in [3.63, 3.8) is 0 Å². The third-order valence-corrected chi connectivity index (χ3v) is 4.27. The van der Waals surface area contributed by atoms with E-state index in [1.807, 2.05) is 0 Å². The number of nitrogens with zero attached hydrogens (tertiary/aromatic N) is 1. The summed E-state index contributed by atoms with van der Waals surface area (Å²) in [7, 11) is 0. The highest BCUT2D eigenvalue weighted by atomic mass is 32.2. The first-order valence-electron chi connectivity index (χ1n) is 5.44. The third-order valence-electron chi connectivity index (χ3n) is 2.81. The number of thioether (sulfide) groups is 1. The summed E-state index contributed by atoms with van der Waals surface area (Å²) in [4.78, 5) is 2.51. The van der Waals surface area contributed by atoms with Gasteiger partial charge in [-0.25, -0.2) is 0 Å². The quantitative estimate of drug-likeness (QED) is 0.678. The SMILES string of the molecule is NC1CCN(CCCSC2CC2)C1. The van der Waals surface area contributed by atoms with Gasteiger partial charge in [0.25, 0.3) is 0 Å². The normalized spacial score (nSPS) is 29.8. The molecule has 13 heavy (non-hydrogen) atoms. The van der Waals surface area contributed by atoms with E-state index >= 15 is 0 Å². The molecule has 1 saturated carbocycles. The monoisotopic (exact) mass is 200 g/mol. The van der Waals surface area contributed by atoms with Crippen molar-refractivity contribution in [1.29, 1.82) is 0 Å². The lowest BCUT2D eigenvalue weighted by Gasteiger charge is -2.14. The maximum absolute atomic E-state index is 5.84. The van der Waals surface area contributed by atoms with Crippen molar-refractivity contribution in [2.24, 2.45) is 5.73 Å². The van der Waals surface area contributed by atoms with Gasteiger partial charge in [0.15, 0.2) is 0 Å². The van der Waals surface area contributed by atoms with Gasteiger partial charge in [-0.15, -0.1) is 0 Å². The Labute approximate surface area is 85.2 Å². The zero-order valence-electron chi connectivity index (χ0n) is 8.24. The smallest absolute Gasteiger partial charge is 0.0180 e. The summed E-state index contributed by atoms with van der Waals surface area (Å²) in [6.45, 7) is 3.64. The van der Waals surface area contributed by atoms with Crippen molar-refractivity contribution in [1.82, 2.24) is 4.90 Å². The molecule has 2 N–H and O–H groups in total. The highest BCUT2D eigenvalue weighted by Crippen LogP contribution is 2.34. The van der Waals surface area contributed by atoms with Crippen LogP contribution in [0.15, 0.2) is 0 Å². The van der Waals surface area contributed by atoms with Gasteiger partial charge in [-0.2, -0.15) is 11.8 Å². The lowest BCUT2D eigenvalue weighted by Crippen LogP contribution is -2.27. The van der Waals surface area contributed by atoms with Gasteiger partial charge in [-0.3, -0.25) is 0 Å². The van der Waals surface area contributed by atoms with Crippen molar-refractivity contribution in [3.8, 4) is 0 Å². The summed E-state index contributed by atoms with van der Waals surface area (Å²) < 4.78 is 0. The van der Waals surface area contributed by atoms with Gasteiger partial charge < -0.3 is 10.6 Å². The molecule has 1 saturated heterocycles. The molecule has 2 aliphatic rings. The second-order valence-electron chi connectivity index (χ2n) is 4.27. The van der Waals surface area contributed by atoms with Crippen LogP contribution in [0.4, 0.5) is 0 Å². The van der Waals surface area contributed by atoms with Gasteiger partial charge in [0.1, 0.15) is 0 Å². The molecule has 2 rings (SSSR count). The Balaban J connectivity index is 1.47. The summed E-state index contributed by atoms with van der Waals surface area (Å²) in [6.07, 6.45) is 5.50. The predicted octanol–water partition coefficient (Wildman–Crippen LogP) is 1.31. The average Bonchev–Trinajstić information content (AvgIpc) is 2.84. The fraction of sp³-hybridized carbons (Fsp3) is 1.00. The molecule has 1 heterocycles. The first-order chi connectivity index (χ1) is 6.34. The second-order valence-corrected chi connectivity index (χ2v) is 5.68. The number of likely N-dealkylation sites (tertiary alicyclic amines) is 1. The number of hydrogen-bond donors (Lipinski definition) is 1. The summed E-state index contributed by atoms with van der Waals surface area (Å²) in [5.74, 6) is 1.36. The van der Waals surface area contributed by atoms with Crippen molar-refractivity contribution in [2.75, 3.05) is 25.4 Å². The first-order valence-corrected chi connectivity index (χ1v) is 6.49. The van der Waals surface area contributed by atoms with Crippen LogP contribution < -0.4 is 5.73 Å². The van der Waals surface area contributed by atoms with Gasteiger partial charge in [-0.1, -0.05) is 0 Å². The molecule has 1 aliphatic heterocycles. The lowest BCUT2D eigenvalue weighted by atomic mass is 10.3. The van der Waals surface area contributed by atoms with Gasteiger partial charge in [0.05, 0.1) is 0 Å². The van der Waals surface area contributed by atoms with E-state index in [1.165, 1.54) is 44.5 Å². The topological polar surface area (TPSA) is 29.3 Å². The van der Waals surface area contributed by atoms with E-state index in [-0.39, 0.29) is 0 Å². The highest BCUT2D eigenvalue weighted by Gasteiger charge is 2.22. The van der Waals surface area contributed by atoms with Crippen LogP contribution in [0, 0.1) is 0 Å². The largest absolute Gasteiger partial charge is 0.326 e. The van der Waals surface area contributed by atoms with Crippen LogP contribution in [0.1, 0.15) is 25.7 Å². The molecular formula is C10H20N2S. The van der Waals surface area contributed by atoms with Gasteiger partial charge in [0, 0.05) is 17.8 Å². The van der Waals surface area contributed by atoms with Crippen LogP contribution in [-0.2, 0) is 0 Å². The first kappa shape index (κ1) is 9.81. The molecular weight excluding hydrogens is 180 g/mol. The Bertz CT molecular complexity index is 159. The molecule has 0 radical (unpaired) electrons. The van der Waals surface area contributed by atoms with Crippen LogP contribution in [0.5, 0.6) is 0 Å². The maximum Gasteiger partial charge on any atom is 0.0180 e. The average molecular weight is 200 g/mol. The van der Waals surface area contributed by atoms with Crippen molar-refractivity contribution in [2.45, 2.75) is 37.0 Å². The fourth-order valence-electron chi connectivity index (χ4n) is 1.84. The molecule has 76 valence electrons.